The molecule has 2 N–H and O–H groups in total. The molecule has 1 aliphatic rings. The SMILES string of the molecule is CNCCC(=O)NCCN1CCCC(C)C1. The second-order valence-corrected chi connectivity index (χ2v) is 4.75. The standard InChI is InChI=1S/C12H25N3O/c1-11-4-3-8-15(10-11)9-7-14-12(16)5-6-13-2/h11,13H,3-10H2,1-2H3,(H,14,16). The fourth-order valence-electron chi connectivity index (χ4n) is 2.17. The molecule has 1 rings (SSSR count). The Balaban J connectivity index is 2.03. The van der Waals surface area contributed by atoms with Gasteiger partial charge < -0.3 is 15.5 Å². The summed E-state index contributed by atoms with van der Waals surface area (Å²) in [4.78, 5) is 13.8. The monoisotopic (exact) mass is 227 g/mol. The van der Waals surface area contributed by atoms with Gasteiger partial charge in [-0.3, -0.25) is 4.79 Å². The highest BCUT2D eigenvalue weighted by molar-refractivity contribution is 5.76. The predicted octanol–water partition coefficient (Wildman–Crippen LogP) is 0.444. The zero-order valence-corrected chi connectivity index (χ0v) is 10.6. The van der Waals surface area contributed by atoms with Gasteiger partial charge in [-0.05, 0) is 32.4 Å². The summed E-state index contributed by atoms with van der Waals surface area (Å²) in [7, 11) is 1.86. The Morgan fingerprint density at radius 3 is 2.94 bits per heavy atom. The van der Waals surface area contributed by atoms with Gasteiger partial charge in [0.2, 0.25) is 5.91 Å². The van der Waals surface area contributed by atoms with Crippen LogP contribution in [0.25, 0.3) is 0 Å². The summed E-state index contributed by atoms with van der Waals surface area (Å²) in [6.07, 6.45) is 3.23. The van der Waals surface area contributed by atoms with Crippen molar-refractivity contribution in [1.29, 1.82) is 0 Å². The summed E-state index contributed by atoms with van der Waals surface area (Å²) >= 11 is 0. The van der Waals surface area contributed by atoms with E-state index >= 15 is 0 Å². The molecular weight excluding hydrogens is 202 g/mol. The summed E-state index contributed by atoms with van der Waals surface area (Å²) in [5, 5.41) is 5.93. The normalized spacial score (nSPS) is 22.0. The first kappa shape index (κ1) is 13.5. The van der Waals surface area contributed by atoms with Gasteiger partial charge in [0.1, 0.15) is 0 Å². The molecular formula is C12H25N3O. The molecule has 0 aromatic heterocycles. The average molecular weight is 227 g/mol. The molecule has 1 fully saturated rings. The molecule has 0 saturated carbocycles. The summed E-state index contributed by atoms with van der Waals surface area (Å²) in [5.41, 5.74) is 0. The number of likely N-dealkylation sites (tertiary alicyclic amines) is 1. The van der Waals surface area contributed by atoms with E-state index in [2.05, 4.69) is 22.5 Å². The van der Waals surface area contributed by atoms with Crippen molar-refractivity contribution in [3.05, 3.63) is 0 Å². The molecule has 94 valence electrons. The van der Waals surface area contributed by atoms with Crippen molar-refractivity contribution >= 4 is 5.91 Å². The molecule has 0 aromatic rings. The van der Waals surface area contributed by atoms with Gasteiger partial charge in [0.25, 0.3) is 0 Å². The predicted molar refractivity (Wildman–Crippen MR) is 66.4 cm³/mol. The molecule has 0 bridgehead atoms. The van der Waals surface area contributed by atoms with Gasteiger partial charge in [0.15, 0.2) is 0 Å². The zero-order valence-electron chi connectivity index (χ0n) is 10.6. The van der Waals surface area contributed by atoms with Gasteiger partial charge in [-0.15, -0.1) is 0 Å². The van der Waals surface area contributed by atoms with Crippen LogP contribution in [0.15, 0.2) is 0 Å². The Morgan fingerprint density at radius 1 is 1.44 bits per heavy atom. The van der Waals surface area contributed by atoms with Crippen LogP contribution in [0.1, 0.15) is 26.2 Å². The minimum absolute atomic E-state index is 0.152. The summed E-state index contributed by atoms with van der Waals surface area (Å²) in [5.74, 6) is 0.966. The molecule has 0 aliphatic carbocycles. The van der Waals surface area contributed by atoms with Gasteiger partial charge in [-0.2, -0.15) is 0 Å². The van der Waals surface area contributed by atoms with E-state index in [1.807, 2.05) is 7.05 Å². The second-order valence-electron chi connectivity index (χ2n) is 4.75. The highest BCUT2D eigenvalue weighted by Gasteiger charge is 2.15. The summed E-state index contributed by atoms with van der Waals surface area (Å²) in [6, 6.07) is 0. The van der Waals surface area contributed by atoms with E-state index in [0.29, 0.717) is 6.42 Å². The first-order valence-corrected chi connectivity index (χ1v) is 6.36. The van der Waals surface area contributed by atoms with Crippen LogP contribution in [-0.4, -0.2) is 50.6 Å². The largest absolute Gasteiger partial charge is 0.355 e. The Kier molecular flexibility index (Phi) is 6.42. The van der Waals surface area contributed by atoms with Gasteiger partial charge in [-0.1, -0.05) is 6.92 Å². The highest BCUT2D eigenvalue weighted by Crippen LogP contribution is 2.14. The number of nitrogens with one attached hydrogen (secondary N) is 2. The molecule has 4 heteroatoms. The lowest BCUT2D eigenvalue weighted by Crippen LogP contribution is -2.40. The van der Waals surface area contributed by atoms with E-state index in [4.69, 9.17) is 0 Å². The van der Waals surface area contributed by atoms with Gasteiger partial charge in [-0.25, -0.2) is 0 Å². The molecule has 1 atom stereocenters. The lowest BCUT2D eigenvalue weighted by molar-refractivity contribution is -0.121. The maximum absolute atomic E-state index is 11.3. The molecule has 16 heavy (non-hydrogen) atoms. The maximum atomic E-state index is 11.3. The van der Waals surface area contributed by atoms with Crippen molar-refractivity contribution in [2.45, 2.75) is 26.2 Å². The number of piperidine rings is 1. The van der Waals surface area contributed by atoms with Crippen LogP contribution in [0.2, 0.25) is 0 Å². The molecule has 0 spiro atoms. The Bertz CT molecular complexity index is 208. The molecule has 1 heterocycles. The van der Waals surface area contributed by atoms with Crippen molar-refractivity contribution in [1.82, 2.24) is 15.5 Å². The Labute approximate surface area is 98.8 Å². The number of rotatable bonds is 6. The van der Waals surface area contributed by atoms with E-state index in [-0.39, 0.29) is 5.91 Å². The smallest absolute Gasteiger partial charge is 0.221 e. The van der Waals surface area contributed by atoms with Crippen LogP contribution < -0.4 is 10.6 Å². The molecule has 0 aromatic carbocycles. The molecule has 1 unspecified atom stereocenters. The van der Waals surface area contributed by atoms with Crippen LogP contribution in [0, 0.1) is 5.92 Å². The third kappa shape index (κ3) is 5.47. The number of hydrogen-bond acceptors (Lipinski definition) is 3. The number of carbonyl (C=O) groups excluding carboxylic acids is 1. The van der Waals surface area contributed by atoms with E-state index < -0.39 is 0 Å². The third-order valence-electron chi connectivity index (χ3n) is 3.09. The molecule has 0 radical (unpaired) electrons. The fourth-order valence-corrected chi connectivity index (χ4v) is 2.17. The second kappa shape index (κ2) is 7.63. The molecule has 4 nitrogen and oxygen atoms in total. The number of amides is 1. The quantitative estimate of drug-likeness (QED) is 0.692. The minimum Gasteiger partial charge on any atom is -0.355 e. The van der Waals surface area contributed by atoms with E-state index in [9.17, 15) is 4.79 Å². The minimum atomic E-state index is 0.152. The van der Waals surface area contributed by atoms with E-state index in [0.717, 1.165) is 25.6 Å². The van der Waals surface area contributed by atoms with Crippen LogP contribution in [-0.2, 0) is 4.79 Å². The number of carbonyl (C=O) groups is 1. The number of hydrogen-bond donors (Lipinski definition) is 2. The zero-order chi connectivity index (χ0) is 11.8. The maximum Gasteiger partial charge on any atom is 0.221 e. The van der Waals surface area contributed by atoms with E-state index in [1.54, 1.807) is 0 Å². The highest BCUT2D eigenvalue weighted by atomic mass is 16.1. The van der Waals surface area contributed by atoms with Crippen molar-refractivity contribution in [2.24, 2.45) is 5.92 Å². The Hall–Kier alpha value is -0.610. The van der Waals surface area contributed by atoms with Crippen LogP contribution in [0.4, 0.5) is 0 Å². The van der Waals surface area contributed by atoms with Gasteiger partial charge >= 0.3 is 0 Å². The van der Waals surface area contributed by atoms with Crippen LogP contribution in [0.3, 0.4) is 0 Å². The van der Waals surface area contributed by atoms with Gasteiger partial charge in [0, 0.05) is 32.6 Å². The van der Waals surface area contributed by atoms with E-state index in [1.165, 1.54) is 25.9 Å². The molecule has 1 aliphatic heterocycles. The van der Waals surface area contributed by atoms with Crippen LogP contribution >= 0.6 is 0 Å². The topological polar surface area (TPSA) is 44.4 Å². The van der Waals surface area contributed by atoms with Crippen molar-refractivity contribution < 1.29 is 4.79 Å². The lowest BCUT2D eigenvalue weighted by Gasteiger charge is -2.30. The Morgan fingerprint density at radius 2 is 2.25 bits per heavy atom. The summed E-state index contributed by atoms with van der Waals surface area (Å²) in [6.45, 7) is 7.22. The van der Waals surface area contributed by atoms with Crippen molar-refractivity contribution in [3.8, 4) is 0 Å². The molecule has 1 amide bonds. The number of nitrogens with zero attached hydrogens (tertiary/aromatic N) is 1. The summed E-state index contributed by atoms with van der Waals surface area (Å²) < 4.78 is 0. The lowest BCUT2D eigenvalue weighted by atomic mass is 10.0. The van der Waals surface area contributed by atoms with Crippen molar-refractivity contribution in [3.63, 3.8) is 0 Å². The van der Waals surface area contributed by atoms with Crippen molar-refractivity contribution in [2.75, 3.05) is 39.8 Å². The fraction of sp³-hybridized carbons (Fsp3) is 0.917. The average Bonchev–Trinajstić information content (AvgIpc) is 2.26. The molecule has 1 saturated heterocycles. The van der Waals surface area contributed by atoms with Crippen LogP contribution in [0.5, 0.6) is 0 Å². The van der Waals surface area contributed by atoms with Gasteiger partial charge in [0.05, 0.1) is 0 Å². The first-order valence-electron chi connectivity index (χ1n) is 6.36. The third-order valence-corrected chi connectivity index (χ3v) is 3.09. The first-order chi connectivity index (χ1) is 7.72.